The number of carbonyl (C=O) groups is 1. The van der Waals surface area contributed by atoms with Gasteiger partial charge in [-0.25, -0.2) is 9.67 Å². The molecular weight excluding hydrogens is 244 g/mol. The van der Waals surface area contributed by atoms with Crippen molar-refractivity contribution >= 4 is 5.91 Å². The fourth-order valence-corrected chi connectivity index (χ4v) is 2.35. The summed E-state index contributed by atoms with van der Waals surface area (Å²) in [6.45, 7) is 4.89. The Morgan fingerprint density at radius 3 is 2.63 bits per heavy atom. The number of amides is 1. The van der Waals surface area contributed by atoms with Crippen molar-refractivity contribution in [3.8, 4) is 0 Å². The highest BCUT2D eigenvalue weighted by Crippen LogP contribution is 2.39. The number of rotatable bonds is 4. The van der Waals surface area contributed by atoms with Crippen molar-refractivity contribution in [2.75, 3.05) is 6.54 Å². The van der Waals surface area contributed by atoms with Crippen LogP contribution in [0.15, 0.2) is 12.7 Å². The molecule has 1 fully saturated rings. The van der Waals surface area contributed by atoms with Gasteiger partial charge in [0.05, 0.1) is 5.60 Å². The zero-order chi connectivity index (χ0) is 13.9. The molecule has 0 spiro atoms. The van der Waals surface area contributed by atoms with Gasteiger partial charge in [0.1, 0.15) is 19.2 Å². The first-order valence-electron chi connectivity index (χ1n) is 6.70. The lowest BCUT2D eigenvalue weighted by molar-refractivity contribution is -0.123. The summed E-state index contributed by atoms with van der Waals surface area (Å²) in [5, 5.41) is 17.1. The second-order valence-corrected chi connectivity index (χ2v) is 6.26. The van der Waals surface area contributed by atoms with Crippen LogP contribution in [0.1, 0.15) is 39.5 Å². The third-order valence-corrected chi connectivity index (χ3v) is 3.92. The van der Waals surface area contributed by atoms with Gasteiger partial charge in [0.15, 0.2) is 0 Å². The molecule has 6 heteroatoms. The van der Waals surface area contributed by atoms with Crippen LogP contribution >= 0.6 is 0 Å². The van der Waals surface area contributed by atoms with Crippen LogP contribution in [0.25, 0.3) is 0 Å². The van der Waals surface area contributed by atoms with Crippen molar-refractivity contribution in [2.45, 2.75) is 51.7 Å². The highest BCUT2D eigenvalue weighted by atomic mass is 16.3. The number of hydrogen-bond acceptors (Lipinski definition) is 4. The van der Waals surface area contributed by atoms with Crippen molar-refractivity contribution in [1.29, 1.82) is 0 Å². The predicted molar refractivity (Wildman–Crippen MR) is 70.2 cm³/mol. The average molecular weight is 266 g/mol. The molecule has 19 heavy (non-hydrogen) atoms. The molecule has 0 aliphatic heterocycles. The van der Waals surface area contributed by atoms with E-state index in [0.29, 0.717) is 12.0 Å². The minimum atomic E-state index is -0.756. The summed E-state index contributed by atoms with van der Waals surface area (Å²) in [6.07, 6.45) is 6.35. The third kappa shape index (κ3) is 4.02. The molecule has 1 aliphatic carbocycles. The normalized spacial score (nSPS) is 21.0. The van der Waals surface area contributed by atoms with Gasteiger partial charge in [-0.1, -0.05) is 13.8 Å². The number of nitrogens with one attached hydrogen (secondary N) is 1. The lowest BCUT2D eigenvalue weighted by atomic mass is 9.71. The van der Waals surface area contributed by atoms with Gasteiger partial charge in [-0.3, -0.25) is 4.79 Å². The monoisotopic (exact) mass is 266 g/mol. The SMILES string of the molecule is CC1(C)CCC(O)(CNC(=O)Cn2cncn2)CC1. The first-order valence-corrected chi connectivity index (χ1v) is 6.70. The molecule has 0 atom stereocenters. The summed E-state index contributed by atoms with van der Waals surface area (Å²) in [7, 11) is 0. The van der Waals surface area contributed by atoms with E-state index in [9.17, 15) is 9.90 Å². The molecule has 1 heterocycles. The van der Waals surface area contributed by atoms with Gasteiger partial charge >= 0.3 is 0 Å². The van der Waals surface area contributed by atoms with Gasteiger partial charge in [-0.2, -0.15) is 5.10 Å². The highest BCUT2D eigenvalue weighted by Gasteiger charge is 2.36. The smallest absolute Gasteiger partial charge is 0.241 e. The van der Waals surface area contributed by atoms with E-state index in [2.05, 4.69) is 29.2 Å². The van der Waals surface area contributed by atoms with E-state index in [1.807, 2.05) is 0 Å². The molecule has 1 aromatic rings. The maximum absolute atomic E-state index is 11.7. The summed E-state index contributed by atoms with van der Waals surface area (Å²) in [6, 6.07) is 0. The minimum Gasteiger partial charge on any atom is -0.388 e. The number of aliphatic hydroxyl groups is 1. The standard InChI is InChI=1S/C13H22N4O2/c1-12(2)3-5-13(19,6-4-12)8-15-11(18)7-17-10-14-9-16-17/h9-10,19H,3-8H2,1-2H3,(H,15,18). The third-order valence-electron chi connectivity index (χ3n) is 3.92. The molecule has 1 saturated carbocycles. The summed E-state index contributed by atoms with van der Waals surface area (Å²) in [4.78, 5) is 15.5. The van der Waals surface area contributed by atoms with Crippen molar-refractivity contribution in [3.63, 3.8) is 0 Å². The lowest BCUT2D eigenvalue weighted by Crippen LogP contribution is -2.47. The van der Waals surface area contributed by atoms with Crippen molar-refractivity contribution in [2.24, 2.45) is 5.41 Å². The zero-order valence-corrected chi connectivity index (χ0v) is 11.6. The second kappa shape index (κ2) is 5.28. The largest absolute Gasteiger partial charge is 0.388 e. The molecule has 1 amide bonds. The zero-order valence-electron chi connectivity index (χ0n) is 11.6. The van der Waals surface area contributed by atoms with Gasteiger partial charge in [0, 0.05) is 6.54 Å². The summed E-state index contributed by atoms with van der Waals surface area (Å²) >= 11 is 0. The van der Waals surface area contributed by atoms with E-state index in [-0.39, 0.29) is 12.5 Å². The molecule has 0 saturated heterocycles. The molecule has 1 aromatic heterocycles. The molecule has 6 nitrogen and oxygen atoms in total. The van der Waals surface area contributed by atoms with E-state index in [1.54, 1.807) is 0 Å². The van der Waals surface area contributed by atoms with E-state index in [0.717, 1.165) is 25.7 Å². The Labute approximate surface area is 113 Å². The fourth-order valence-electron chi connectivity index (χ4n) is 2.35. The van der Waals surface area contributed by atoms with E-state index < -0.39 is 5.60 Å². The molecule has 2 rings (SSSR count). The van der Waals surface area contributed by atoms with Crippen LogP contribution in [0.3, 0.4) is 0 Å². The van der Waals surface area contributed by atoms with Crippen molar-refractivity contribution < 1.29 is 9.90 Å². The number of nitrogens with zero attached hydrogens (tertiary/aromatic N) is 3. The van der Waals surface area contributed by atoms with Crippen LogP contribution in [0.2, 0.25) is 0 Å². The molecule has 0 bridgehead atoms. The summed E-state index contributed by atoms with van der Waals surface area (Å²) in [5.74, 6) is -0.149. The minimum absolute atomic E-state index is 0.140. The van der Waals surface area contributed by atoms with E-state index >= 15 is 0 Å². The Hall–Kier alpha value is -1.43. The first-order chi connectivity index (χ1) is 8.89. The molecule has 2 N–H and O–H groups in total. The van der Waals surface area contributed by atoms with Crippen molar-refractivity contribution in [1.82, 2.24) is 20.1 Å². The van der Waals surface area contributed by atoms with E-state index in [1.165, 1.54) is 17.3 Å². The Morgan fingerprint density at radius 2 is 2.05 bits per heavy atom. The maximum Gasteiger partial charge on any atom is 0.241 e. The number of carbonyl (C=O) groups excluding carboxylic acids is 1. The van der Waals surface area contributed by atoms with Crippen LogP contribution in [-0.2, 0) is 11.3 Å². The van der Waals surface area contributed by atoms with Crippen LogP contribution in [0, 0.1) is 5.41 Å². The van der Waals surface area contributed by atoms with Gasteiger partial charge in [-0.15, -0.1) is 0 Å². The highest BCUT2D eigenvalue weighted by molar-refractivity contribution is 5.75. The Morgan fingerprint density at radius 1 is 1.37 bits per heavy atom. The topological polar surface area (TPSA) is 80.0 Å². The number of aromatic nitrogens is 3. The summed E-state index contributed by atoms with van der Waals surface area (Å²) < 4.78 is 1.46. The lowest BCUT2D eigenvalue weighted by Gasteiger charge is -2.40. The van der Waals surface area contributed by atoms with Gasteiger partial charge in [0.25, 0.3) is 0 Å². The Kier molecular flexibility index (Phi) is 3.89. The molecule has 1 aliphatic rings. The van der Waals surface area contributed by atoms with Crippen LogP contribution < -0.4 is 5.32 Å². The number of hydrogen-bond donors (Lipinski definition) is 2. The van der Waals surface area contributed by atoms with Crippen LogP contribution in [0.4, 0.5) is 0 Å². The molecule has 0 unspecified atom stereocenters. The van der Waals surface area contributed by atoms with Gasteiger partial charge < -0.3 is 10.4 Å². The van der Waals surface area contributed by atoms with Crippen molar-refractivity contribution in [3.05, 3.63) is 12.7 Å². The fraction of sp³-hybridized carbons (Fsp3) is 0.769. The van der Waals surface area contributed by atoms with Gasteiger partial charge in [-0.05, 0) is 31.1 Å². The average Bonchev–Trinajstić information content (AvgIpc) is 2.84. The molecular formula is C13H22N4O2. The molecule has 0 radical (unpaired) electrons. The first kappa shape index (κ1) is 14.0. The van der Waals surface area contributed by atoms with Crippen LogP contribution in [0.5, 0.6) is 0 Å². The predicted octanol–water partition coefficient (Wildman–Crippen LogP) is 0.726. The quantitative estimate of drug-likeness (QED) is 0.841. The maximum atomic E-state index is 11.7. The van der Waals surface area contributed by atoms with Crippen LogP contribution in [-0.4, -0.2) is 37.9 Å². The summed E-state index contributed by atoms with van der Waals surface area (Å²) in [5.41, 5.74) is -0.454. The van der Waals surface area contributed by atoms with E-state index in [4.69, 9.17) is 0 Å². The second-order valence-electron chi connectivity index (χ2n) is 6.26. The Balaban J connectivity index is 1.77. The Bertz CT molecular complexity index is 418. The molecule has 106 valence electrons. The molecule has 0 aromatic carbocycles. The van der Waals surface area contributed by atoms with Gasteiger partial charge in [0.2, 0.25) is 5.91 Å².